The van der Waals surface area contributed by atoms with Crippen LogP contribution in [0.2, 0.25) is 0 Å². The van der Waals surface area contributed by atoms with Gasteiger partial charge in [-0.1, -0.05) is 12.1 Å². The van der Waals surface area contributed by atoms with Crippen molar-refractivity contribution in [3.05, 3.63) is 29.8 Å². The van der Waals surface area contributed by atoms with Crippen molar-refractivity contribution >= 4 is 0 Å². The molecule has 0 radical (unpaired) electrons. The Morgan fingerprint density at radius 3 is 2.00 bits per heavy atom. The monoisotopic (exact) mass is 286 g/mol. The van der Waals surface area contributed by atoms with Gasteiger partial charge in [0.25, 0.3) is 0 Å². The lowest BCUT2D eigenvalue weighted by molar-refractivity contribution is -0.0630. The summed E-state index contributed by atoms with van der Waals surface area (Å²) in [5, 5.41) is 19.8. The van der Waals surface area contributed by atoms with Crippen molar-refractivity contribution in [1.82, 2.24) is 0 Å². The number of phenolic OH excluding ortho intramolecular Hbond substituents is 1. The number of aromatic hydroxyl groups is 1. The van der Waals surface area contributed by atoms with Crippen molar-refractivity contribution in [3.63, 3.8) is 0 Å². The van der Waals surface area contributed by atoms with Gasteiger partial charge in [-0.2, -0.15) is 0 Å². The summed E-state index contributed by atoms with van der Waals surface area (Å²) in [5.74, 6) is 3.23. The second-order valence-electron chi connectivity index (χ2n) is 8.06. The Morgan fingerprint density at radius 2 is 1.48 bits per heavy atom. The fourth-order valence-corrected chi connectivity index (χ4v) is 5.90. The fourth-order valence-electron chi connectivity index (χ4n) is 5.90. The van der Waals surface area contributed by atoms with E-state index in [2.05, 4.69) is 0 Å². The number of rotatable bonds is 4. The van der Waals surface area contributed by atoms with E-state index in [1.807, 2.05) is 12.1 Å². The van der Waals surface area contributed by atoms with Crippen LogP contribution >= 0.6 is 0 Å². The molecule has 1 aromatic rings. The molecule has 4 bridgehead atoms. The number of phenols is 1. The van der Waals surface area contributed by atoms with Crippen LogP contribution in [0.15, 0.2) is 24.3 Å². The zero-order valence-electron chi connectivity index (χ0n) is 12.7. The van der Waals surface area contributed by atoms with Crippen molar-refractivity contribution < 1.29 is 10.2 Å². The molecule has 4 aliphatic rings. The second-order valence-corrected chi connectivity index (χ2v) is 8.06. The molecule has 1 atom stereocenters. The van der Waals surface area contributed by atoms with Gasteiger partial charge >= 0.3 is 0 Å². The predicted molar refractivity (Wildman–Crippen MR) is 82.9 cm³/mol. The van der Waals surface area contributed by atoms with E-state index >= 15 is 0 Å². The topological polar surface area (TPSA) is 40.5 Å². The first-order valence-corrected chi connectivity index (χ1v) is 8.59. The highest BCUT2D eigenvalue weighted by Gasteiger charge is 2.50. The van der Waals surface area contributed by atoms with E-state index in [1.54, 1.807) is 12.1 Å². The highest BCUT2D eigenvalue weighted by molar-refractivity contribution is 5.27. The van der Waals surface area contributed by atoms with E-state index in [1.165, 1.54) is 44.9 Å². The summed E-state index contributed by atoms with van der Waals surface area (Å²) in [6, 6.07) is 7.03. The number of hydrogen-bond donors (Lipinski definition) is 2. The predicted octanol–water partition coefficient (Wildman–Crippen LogP) is 4.42. The highest BCUT2D eigenvalue weighted by Crippen LogP contribution is 2.61. The van der Waals surface area contributed by atoms with Crippen LogP contribution in [0.3, 0.4) is 0 Å². The van der Waals surface area contributed by atoms with E-state index in [4.69, 9.17) is 0 Å². The van der Waals surface area contributed by atoms with Gasteiger partial charge < -0.3 is 10.2 Å². The molecule has 0 saturated heterocycles. The molecule has 1 aromatic carbocycles. The molecule has 0 aliphatic heterocycles. The van der Waals surface area contributed by atoms with Gasteiger partial charge in [-0.3, -0.25) is 0 Å². The fraction of sp³-hybridized carbons (Fsp3) is 0.684. The summed E-state index contributed by atoms with van der Waals surface area (Å²) in [6.07, 6.45) is 10.4. The zero-order chi connectivity index (χ0) is 14.4. The van der Waals surface area contributed by atoms with Gasteiger partial charge in [0, 0.05) is 0 Å². The van der Waals surface area contributed by atoms with Gasteiger partial charge in [-0.15, -0.1) is 0 Å². The quantitative estimate of drug-likeness (QED) is 0.860. The third kappa shape index (κ3) is 2.59. The number of benzene rings is 1. The molecule has 2 nitrogen and oxygen atoms in total. The van der Waals surface area contributed by atoms with Gasteiger partial charge in [0.1, 0.15) is 5.75 Å². The van der Waals surface area contributed by atoms with Crippen LogP contribution in [0, 0.1) is 23.2 Å². The van der Waals surface area contributed by atoms with Crippen molar-refractivity contribution in [2.24, 2.45) is 23.2 Å². The minimum absolute atomic E-state index is 0.270. The molecule has 21 heavy (non-hydrogen) atoms. The normalized spacial score (nSPS) is 38.6. The van der Waals surface area contributed by atoms with Gasteiger partial charge in [-0.05, 0) is 92.2 Å². The van der Waals surface area contributed by atoms with Crippen LogP contribution in [0.5, 0.6) is 5.75 Å². The summed E-state index contributed by atoms with van der Waals surface area (Å²) in [7, 11) is 0. The molecule has 2 heteroatoms. The van der Waals surface area contributed by atoms with E-state index < -0.39 is 0 Å². The first-order valence-electron chi connectivity index (χ1n) is 8.59. The standard InChI is InChI=1S/C19H26O2/c20-17-3-1-16(2-4-17)18(21)5-6-19-10-13-7-14(11-19)9-15(8-13)12-19/h1-4,13-15,18,20-21H,5-12H2. The molecule has 0 aromatic heterocycles. The molecule has 4 aliphatic carbocycles. The average molecular weight is 286 g/mol. The molecule has 0 amide bonds. The minimum Gasteiger partial charge on any atom is -0.508 e. The Morgan fingerprint density at radius 1 is 0.952 bits per heavy atom. The lowest BCUT2D eigenvalue weighted by Crippen LogP contribution is -2.46. The van der Waals surface area contributed by atoms with E-state index in [0.29, 0.717) is 5.41 Å². The number of aliphatic hydroxyl groups is 1. The third-order valence-corrected chi connectivity index (χ3v) is 6.39. The van der Waals surface area contributed by atoms with Gasteiger partial charge in [0.15, 0.2) is 0 Å². The third-order valence-electron chi connectivity index (χ3n) is 6.39. The minimum atomic E-state index is -0.376. The first kappa shape index (κ1) is 13.6. The lowest BCUT2D eigenvalue weighted by Gasteiger charge is -2.57. The van der Waals surface area contributed by atoms with Gasteiger partial charge in [0.05, 0.1) is 6.10 Å². The maximum absolute atomic E-state index is 10.4. The average Bonchev–Trinajstić information content (AvgIpc) is 2.44. The molecule has 2 N–H and O–H groups in total. The number of aliphatic hydroxyl groups excluding tert-OH is 1. The maximum atomic E-state index is 10.4. The van der Waals surface area contributed by atoms with Crippen molar-refractivity contribution in [1.29, 1.82) is 0 Å². The molecule has 4 fully saturated rings. The molecule has 0 spiro atoms. The van der Waals surface area contributed by atoms with Crippen LogP contribution in [0.25, 0.3) is 0 Å². The van der Waals surface area contributed by atoms with E-state index in [9.17, 15) is 10.2 Å². The second kappa shape index (κ2) is 5.01. The lowest BCUT2D eigenvalue weighted by atomic mass is 9.48. The largest absolute Gasteiger partial charge is 0.508 e. The molecular formula is C19H26O2. The van der Waals surface area contributed by atoms with E-state index in [-0.39, 0.29) is 11.9 Å². The Bertz CT molecular complexity index is 470. The van der Waals surface area contributed by atoms with Crippen molar-refractivity contribution in [2.45, 2.75) is 57.5 Å². The Kier molecular flexibility index (Phi) is 3.25. The summed E-state index contributed by atoms with van der Waals surface area (Å²) in [5.41, 5.74) is 1.49. The SMILES string of the molecule is Oc1ccc(C(O)CCC23CC4CC(CC(C4)C2)C3)cc1. The van der Waals surface area contributed by atoms with Crippen LogP contribution in [-0.4, -0.2) is 10.2 Å². The first-order chi connectivity index (χ1) is 10.1. The summed E-state index contributed by atoms with van der Waals surface area (Å²) >= 11 is 0. The Labute approximate surface area is 127 Å². The molecule has 5 rings (SSSR count). The van der Waals surface area contributed by atoms with Crippen molar-refractivity contribution in [3.8, 4) is 5.75 Å². The van der Waals surface area contributed by atoms with Crippen LogP contribution < -0.4 is 0 Å². The maximum Gasteiger partial charge on any atom is 0.115 e. The van der Waals surface area contributed by atoms with Gasteiger partial charge in [-0.25, -0.2) is 0 Å². The molecular weight excluding hydrogens is 260 g/mol. The molecule has 1 unspecified atom stereocenters. The highest BCUT2D eigenvalue weighted by atomic mass is 16.3. The molecule has 4 saturated carbocycles. The van der Waals surface area contributed by atoms with E-state index in [0.717, 1.165) is 29.7 Å². The summed E-state index contributed by atoms with van der Waals surface area (Å²) in [4.78, 5) is 0. The Hall–Kier alpha value is -1.02. The summed E-state index contributed by atoms with van der Waals surface area (Å²) in [6.45, 7) is 0. The van der Waals surface area contributed by atoms with Crippen LogP contribution in [0.4, 0.5) is 0 Å². The van der Waals surface area contributed by atoms with Gasteiger partial charge in [0.2, 0.25) is 0 Å². The number of hydrogen-bond acceptors (Lipinski definition) is 2. The zero-order valence-corrected chi connectivity index (χ0v) is 12.7. The smallest absolute Gasteiger partial charge is 0.115 e. The van der Waals surface area contributed by atoms with Crippen molar-refractivity contribution in [2.75, 3.05) is 0 Å². The van der Waals surface area contributed by atoms with Crippen LogP contribution in [-0.2, 0) is 0 Å². The molecule has 114 valence electrons. The summed E-state index contributed by atoms with van der Waals surface area (Å²) < 4.78 is 0. The van der Waals surface area contributed by atoms with Crippen LogP contribution in [0.1, 0.15) is 63.0 Å². The Balaban J connectivity index is 1.41. The molecule has 0 heterocycles.